The van der Waals surface area contributed by atoms with E-state index in [1.165, 1.54) is 12.8 Å². The summed E-state index contributed by atoms with van der Waals surface area (Å²) in [6.07, 6.45) is 2.41. The number of benzene rings is 1. The molecule has 1 N–H and O–H groups in total. The molecular formula is C15H16ClN3O. The number of methoxy groups -OCH3 is 1. The van der Waals surface area contributed by atoms with E-state index < -0.39 is 0 Å². The van der Waals surface area contributed by atoms with Crippen molar-refractivity contribution in [3.05, 3.63) is 35.0 Å². The van der Waals surface area contributed by atoms with Crippen molar-refractivity contribution >= 4 is 17.4 Å². The first-order valence-electron chi connectivity index (χ1n) is 6.62. The second-order valence-corrected chi connectivity index (χ2v) is 5.31. The largest absolute Gasteiger partial charge is 0.496 e. The summed E-state index contributed by atoms with van der Waals surface area (Å²) in [7, 11) is 3.49. The van der Waals surface area contributed by atoms with E-state index in [9.17, 15) is 0 Å². The molecule has 0 aliphatic heterocycles. The average molecular weight is 290 g/mol. The molecule has 1 saturated carbocycles. The maximum atomic E-state index is 6.00. The molecule has 0 unspecified atom stereocenters. The van der Waals surface area contributed by atoms with Crippen LogP contribution in [0.25, 0.3) is 11.4 Å². The maximum Gasteiger partial charge on any atom is 0.165 e. The minimum absolute atomic E-state index is 0.571. The van der Waals surface area contributed by atoms with Crippen LogP contribution in [0.15, 0.2) is 24.3 Å². The zero-order valence-corrected chi connectivity index (χ0v) is 12.2. The predicted octanol–water partition coefficient (Wildman–Crippen LogP) is 3.72. The molecule has 1 fully saturated rings. The Bertz CT molecular complexity index is 641. The third-order valence-corrected chi connectivity index (χ3v) is 3.64. The van der Waals surface area contributed by atoms with Gasteiger partial charge < -0.3 is 10.1 Å². The van der Waals surface area contributed by atoms with Gasteiger partial charge in [0.25, 0.3) is 0 Å². The molecule has 1 aromatic heterocycles. The molecule has 1 heterocycles. The second kappa shape index (κ2) is 5.29. The number of nitrogens with zero attached hydrogens (tertiary/aromatic N) is 2. The highest BCUT2D eigenvalue weighted by Crippen LogP contribution is 2.40. The summed E-state index contributed by atoms with van der Waals surface area (Å²) in [6, 6.07) is 7.52. The Labute approximate surface area is 123 Å². The standard InChI is InChI=1S/C15H16ClN3O/c1-17-14-8-12(9-3-4-9)18-15(19-14)11-6-5-10(16)7-13(11)20-2/h5-9H,3-4H2,1-2H3,(H,17,18,19). The Morgan fingerprint density at radius 3 is 2.70 bits per heavy atom. The lowest BCUT2D eigenvalue weighted by Gasteiger charge is -2.11. The van der Waals surface area contributed by atoms with E-state index in [4.69, 9.17) is 16.3 Å². The molecule has 0 atom stereocenters. The minimum Gasteiger partial charge on any atom is -0.496 e. The highest BCUT2D eigenvalue weighted by Gasteiger charge is 2.26. The summed E-state index contributed by atoms with van der Waals surface area (Å²) in [5, 5.41) is 3.73. The molecule has 1 aromatic carbocycles. The van der Waals surface area contributed by atoms with Crippen LogP contribution in [0.2, 0.25) is 5.02 Å². The number of aromatic nitrogens is 2. The maximum absolute atomic E-state index is 6.00. The van der Waals surface area contributed by atoms with Crippen LogP contribution in [-0.4, -0.2) is 24.1 Å². The van der Waals surface area contributed by atoms with E-state index in [1.807, 2.05) is 25.2 Å². The fourth-order valence-corrected chi connectivity index (χ4v) is 2.31. The van der Waals surface area contributed by atoms with E-state index in [1.54, 1.807) is 13.2 Å². The van der Waals surface area contributed by atoms with Crippen LogP contribution < -0.4 is 10.1 Å². The number of nitrogens with one attached hydrogen (secondary N) is 1. The molecule has 3 rings (SSSR count). The third kappa shape index (κ3) is 2.56. The molecule has 1 aliphatic rings. The lowest BCUT2D eigenvalue weighted by atomic mass is 10.1. The smallest absolute Gasteiger partial charge is 0.165 e. The van der Waals surface area contributed by atoms with Gasteiger partial charge in [0.15, 0.2) is 5.82 Å². The molecule has 0 spiro atoms. The molecule has 5 heteroatoms. The topological polar surface area (TPSA) is 47.0 Å². The Balaban J connectivity index is 2.11. The first-order valence-corrected chi connectivity index (χ1v) is 6.99. The van der Waals surface area contributed by atoms with Crippen LogP contribution in [0.1, 0.15) is 24.5 Å². The number of hydrogen-bond donors (Lipinski definition) is 1. The van der Waals surface area contributed by atoms with Crippen molar-refractivity contribution in [3.8, 4) is 17.1 Å². The summed E-state index contributed by atoms with van der Waals surface area (Å²) < 4.78 is 5.39. The van der Waals surface area contributed by atoms with Gasteiger partial charge in [-0.1, -0.05) is 11.6 Å². The summed E-state index contributed by atoms with van der Waals surface area (Å²) in [5.74, 6) is 2.76. The molecule has 0 amide bonds. The summed E-state index contributed by atoms with van der Waals surface area (Å²) in [5.41, 5.74) is 1.95. The zero-order valence-electron chi connectivity index (χ0n) is 11.5. The van der Waals surface area contributed by atoms with Crippen molar-refractivity contribution in [2.24, 2.45) is 0 Å². The van der Waals surface area contributed by atoms with Gasteiger partial charge in [0.2, 0.25) is 0 Å². The van der Waals surface area contributed by atoms with Gasteiger partial charge >= 0.3 is 0 Å². The van der Waals surface area contributed by atoms with Crippen LogP contribution in [0.4, 0.5) is 5.82 Å². The average Bonchev–Trinajstić information content (AvgIpc) is 3.31. The monoisotopic (exact) mass is 289 g/mol. The van der Waals surface area contributed by atoms with Crippen LogP contribution in [0, 0.1) is 0 Å². The van der Waals surface area contributed by atoms with Gasteiger partial charge in [-0.3, -0.25) is 0 Å². The first kappa shape index (κ1) is 13.2. The Morgan fingerprint density at radius 1 is 1.25 bits per heavy atom. The lowest BCUT2D eigenvalue weighted by Crippen LogP contribution is -2.01. The Kier molecular flexibility index (Phi) is 3.49. The van der Waals surface area contributed by atoms with Crippen molar-refractivity contribution in [2.45, 2.75) is 18.8 Å². The highest BCUT2D eigenvalue weighted by molar-refractivity contribution is 6.30. The van der Waals surface area contributed by atoms with Crippen molar-refractivity contribution in [1.82, 2.24) is 9.97 Å². The Morgan fingerprint density at radius 2 is 2.05 bits per heavy atom. The van der Waals surface area contributed by atoms with Crippen LogP contribution in [0.5, 0.6) is 5.75 Å². The molecule has 2 aromatic rings. The van der Waals surface area contributed by atoms with Gasteiger partial charge in [0.1, 0.15) is 11.6 Å². The SMILES string of the molecule is CNc1cc(C2CC2)nc(-c2ccc(Cl)cc2OC)n1. The molecule has 104 valence electrons. The number of ether oxygens (including phenoxy) is 1. The van der Waals surface area contributed by atoms with Crippen molar-refractivity contribution in [1.29, 1.82) is 0 Å². The second-order valence-electron chi connectivity index (χ2n) is 4.87. The number of anilines is 1. The van der Waals surface area contributed by atoms with E-state index in [2.05, 4.69) is 15.3 Å². The number of hydrogen-bond acceptors (Lipinski definition) is 4. The normalized spacial score (nSPS) is 14.2. The molecule has 0 saturated heterocycles. The fraction of sp³-hybridized carbons (Fsp3) is 0.333. The first-order chi connectivity index (χ1) is 9.71. The minimum atomic E-state index is 0.571. The van der Waals surface area contributed by atoms with Crippen LogP contribution in [0.3, 0.4) is 0 Å². The molecule has 4 nitrogen and oxygen atoms in total. The molecule has 20 heavy (non-hydrogen) atoms. The predicted molar refractivity (Wildman–Crippen MR) is 80.6 cm³/mol. The van der Waals surface area contributed by atoms with Crippen LogP contribution >= 0.6 is 11.6 Å². The van der Waals surface area contributed by atoms with Gasteiger partial charge in [-0.25, -0.2) is 9.97 Å². The van der Waals surface area contributed by atoms with Gasteiger partial charge in [0.05, 0.1) is 12.7 Å². The molecule has 0 bridgehead atoms. The van der Waals surface area contributed by atoms with E-state index in [0.29, 0.717) is 22.5 Å². The van der Waals surface area contributed by atoms with Crippen molar-refractivity contribution in [3.63, 3.8) is 0 Å². The number of rotatable bonds is 4. The molecular weight excluding hydrogens is 274 g/mol. The molecule has 1 aliphatic carbocycles. The lowest BCUT2D eigenvalue weighted by molar-refractivity contribution is 0.416. The van der Waals surface area contributed by atoms with E-state index in [-0.39, 0.29) is 0 Å². The van der Waals surface area contributed by atoms with E-state index in [0.717, 1.165) is 17.1 Å². The Hall–Kier alpha value is -1.81. The van der Waals surface area contributed by atoms with Crippen LogP contribution in [-0.2, 0) is 0 Å². The van der Waals surface area contributed by atoms with Gasteiger partial charge in [0, 0.05) is 29.7 Å². The van der Waals surface area contributed by atoms with Crippen molar-refractivity contribution < 1.29 is 4.74 Å². The molecule has 0 radical (unpaired) electrons. The summed E-state index contributed by atoms with van der Waals surface area (Å²) >= 11 is 6.00. The third-order valence-electron chi connectivity index (χ3n) is 3.40. The quantitative estimate of drug-likeness (QED) is 0.932. The summed E-state index contributed by atoms with van der Waals surface area (Å²) in [4.78, 5) is 9.20. The highest BCUT2D eigenvalue weighted by atomic mass is 35.5. The van der Waals surface area contributed by atoms with Gasteiger partial charge in [-0.05, 0) is 31.0 Å². The van der Waals surface area contributed by atoms with Crippen molar-refractivity contribution in [2.75, 3.05) is 19.5 Å². The zero-order chi connectivity index (χ0) is 14.1. The van der Waals surface area contributed by atoms with E-state index >= 15 is 0 Å². The number of halogens is 1. The van der Waals surface area contributed by atoms with Gasteiger partial charge in [-0.2, -0.15) is 0 Å². The summed E-state index contributed by atoms with van der Waals surface area (Å²) in [6.45, 7) is 0. The fourth-order valence-electron chi connectivity index (χ4n) is 2.15. The van der Waals surface area contributed by atoms with Gasteiger partial charge in [-0.15, -0.1) is 0 Å².